The smallest absolute Gasteiger partial charge is 0.392 e. The van der Waals surface area contributed by atoms with Gasteiger partial charge in [0.05, 0.1) is 6.54 Å². The maximum atomic E-state index is 13.5. The third kappa shape index (κ3) is 3.11. The molecule has 1 heterocycles. The van der Waals surface area contributed by atoms with Gasteiger partial charge in [-0.05, 0) is 12.5 Å². The van der Waals surface area contributed by atoms with Crippen LogP contribution in [0.25, 0.3) is 0 Å². The van der Waals surface area contributed by atoms with E-state index in [2.05, 4.69) is 5.10 Å². The maximum Gasteiger partial charge on any atom is 0.437 e. The van der Waals surface area contributed by atoms with E-state index in [9.17, 15) is 18.7 Å². The number of aromatic nitrogens is 2. The third-order valence-corrected chi connectivity index (χ3v) is 2.78. The molecule has 0 saturated heterocycles. The number of nitrogens with zero attached hydrogens (tertiary/aromatic N) is 2. The van der Waals surface area contributed by atoms with Crippen molar-refractivity contribution < 1.29 is 18.3 Å². The van der Waals surface area contributed by atoms with Crippen molar-refractivity contribution in [2.45, 2.75) is 32.4 Å². The predicted octanol–water partition coefficient (Wildman–Crippen LogP) is 1.80. The first-order valence-electron chi connectivity index (χ1n) is 6.21. The fourth-order valence-corrected chi connectivity index (χ4v) is 1.81. The molecule has 5 nitrogen and oxygen atoms in total. The minimum atomic E-state index is -1.31. The van der Waals surface area contributed by atoms with Crippen molar-refractivity contribution in [3.8, 4) is 0 Å². The van der Waals surface area contributed by atoms with Crippen LogP contribution in [0, 0.1) is 11.6 Å². The Hall–Kier alpha value is -2.02. The summed E-state index contributed by atoms with van der Waals surface area (Å²) < 4.78 is 32.1. The summed E-state index contributed by atoms with van der Waals surface area (Å²) in [5.41, 5.74) is -0.0988. The summed E-state index contributed by atoms with van der Waals surface area (Å²) in [6.45, 7) is 1.65. The molecule has 0 spiro atoms. The molecule has 0 aliphatic rings. The van der Waals surface area contributed by atoms with Gasteiger partial charge in [0.15, 0.2) is 0 Å². The van der Waals surface area contributed by atoms with E-state index in [1.54, 1.807) is 0 Å². The molecule has 0 fully saturated rings. The van der Waals surface area contributed by atoms with Gasteiger partial charge in [-0.2, -0.15) is 4.68 Å². The van der Waals surface area contributed by atoms with Crippen molar-refractivity contribution in [1.29, 1.82) is 0 Å². The van der Waals surface area contributed by atoms with E-state index in [0.717, 1.165) is 23.2 Å². The Morgan fingerprint density at radius 1 is 1.45 bits per heavy atom. The highest BCUT2D eigenvalue weighted by atomic mass is 19.1. The number of aryl methyl sites for hydroxylation is 1. The molecule has 1 aromatic heterocycles. The number of hydrogen-bond donors (Lipinski definition) is 1. The summed E-state index contributed by atoms with van der Waals surface area (Å²) in [4.78, 5) is 11.5. The normalized spacial score (nSPS) is 12.6. The van der Waals surface area contributed by atoms with E-state index in [-0.39, 0.29) is 18.0 Å². The zero-order valence-electron chi connectivity index (χ0n) is 10.8. The zero-order chi connectivity index (χ0) is 14.7. The van der Waals surface area contributed by atoms with Crippen molar-refractivity contribution in [3.05, 3.63) is 51.8 Å². The van der Waals surface area contributed by atoms with Crippen molar-refractivity contribution in [2.75, 3.05) is 0 Å². The van der Waals surface area contributed by atoms with Crippen LogP contribution in [-0.4, -0.2) is 14.9 Å². The largest absolute Gasteiger partial charge is 0.437 e. The summed E-state index contributed by atoms with van der Waals surface area (Å²) in [5.74, 6) is -2.05. The Balaban J connectivity index is 2.18. The second-order valence-electron chi connectivity index (χ2n) is 4.38. The molecule has 0 bridgehead atoms. The fraction of sp³-hybridized carbons (Fsp3) is 0.385. The van der Waals surface area contributed by atoms with Crippen molar-refractivity contribution in [1.82, 2.24) is 9.78 Å². The van der Waals surface area contributed by atoms with Crippen molar-refractivity contribution in [2.24, 2.45) is 0 Å². The summed E-state index contributed by atoms with van der Waals surface area (Å²) in [5, 5.41) is 13.8. The first-order valence-corrected chi connectivity index (χ1v) is 6.21. The van der Waals surface area contributed by atoms with Crippen LogP contribution in [0.2, 0.25) is 0 Å². The molecule has 108 valence electrons. The standard InChI is InChI=1S/C13H14F2N2O3/c1-2-3-12-16-17(13(19)20-12)7-11(18)9-5-4-8(14)6-10(9)15/h4-6,11,18H,2-3,7H2,1H3. The van der Waals surface area contributed by atoms with Gasteiger partial charge in [-0.1, -0.05) is 13.0 Å². The molecule has 0 aliphatic heterocycles. The summed E-state index contributed by atoms with van der Waals surface area (Å²) in [7, 11) is 0. The molecular weight excluding hydrogens is 270 g/mol. The molecule has 1 atom stereocenters. The SMILES string of the molecule is CCCc1nn(CC(O)c2ccc(F)cc2F)c(=O)o1. The van der Waals surface area contributed by atoms with E-state index in [1.165, 1.54) is 0 Å². The summed E-state index contributed by atoms with van der Waals surface area (Å²) in [6, 6.07) is 2.84. The highest BCUT2D eigenvalue weighted by Crippen LogP contribution is 2.19. The quantitative estimate of drug-likeness (QED) is 0.909. The lowest BCUT2D eigenvalue weighted by Gasteiger charge is -2.10. The minimum absolute atomic E-state index is 0.0988. The monoisotopic (exact) mass is 284 g/mol. The predicted molar refractivity (Wildman–Crippen MR) is 66.1 cm³/mol. The fourth-order valence-electron chi connectivity index (χ4n) is 1.81. The Labute approximate surface area is 113 Å². The number of halogens is 2. The topological polar surface area (TPSA) is 68.3 Å². The average molecular weight is 284 g/mol. The summed E-state index contributed by atoms with van der Waals surface area (Å²) in [6.07, 6.45) is -0.0499. The maximum absolute atomic E-state index is 13.5. The van der Waals surface area contributed by atoms with Crippen LogP contribution < -0.4 is 5.76 Å². The number of hydrogen-bond acceptors (Lipinski definition) is 4. The highest BCUT2D eigenvalue weighted by molar-refractivity contribution is 5.20. The van der Waals surface area contributed by atoms with E-state index in [4.69, 9.17) is 4.42 Å². The second-order valence-corrected chi connectivity index (χ2v) is 4.38. The molecular formula is C13H14F2N2O3. The zero-order valence-corrected chi connectivity index (χ0v) is 10.8. The van der Waals surface area contributed by atoms with Crippen LogP contribution in [-0.2, 0) is 13.0 Å². The van der Waals surface area contributed by atoms with Crippen molar-refractivity contribution in [3.63, 3.8) is 0 Å². The van der Waals surface area contributed by atoms with Gasteiger partial charge in [-0.3, -0.25) is 0 Å². The molecule has 20 heavy (non-hydrogen) atoms. The molecule has 2 aromatic rings. The molecule has 1 unspecified atom stereocenters. The number of aliphatic hydroxyl groups is 1. The Bertz CT molecular complexity index is 651. The van der Waals surface area contributed by atoms with E-state index < -0.39 is 23.5 Å². The van der Waals surface area contributed by atoms with Crippen LogP contribution in [0.1, 0.15) is 30.9 Å². The Kier molecular flexibility index (Phi) is 4.29. The van der Waals surface area contributed by atoms with E-state index in [1.807, 2.05) is 6.92 Å². The lowest BCUT2D eigenvalue weighted by molar-refractivity contribution is 0.144. The summed E-state index contributed by atoms with van der Waals surface area (Å²) >= 11 is 0. The molecule has 2 rings (SSSR count). The number of benzene rings is 1. The lowest BCUT2D eigenvalue weighted by Crippen LogP contribution is -2.21. The second kappa shape index (κ2) is 5.96. The Morgan fingerprint density at radius 3 is 2.85 bits per heavy atom. The molecule has 0 amide bonds. The van der Waals surface area contributed by atoms with Crippen LogP contribution in [0.5, 0.6) is 0 Å². The van der Waals surface area contributed by atoms with Crippen LogP contribution in [0.4, 0.5) is 8.78 Å². The molecule has 0 aliphatic carbocycles. The van der Waals surface area contributed by atoms with Gasteiger partial charge in [0.25, 0.3) is 0 Å². The highest BCUT2D eigenvalue weighted by Gasteiger charge is 2.17. The first-order chi connectivity index (χ1) is 9.51. The van der Waals surface area contributed by atoms with Crippen LogP contribution >= 0.6 is 0 Å². The van der Waals surface area contributed by atoms with Gasteiger partial charge in [0, 0.05) is 18.1 Å². The molecule has 0 radical (unpaired) electrons. The minimum Gasteiger partial charge on any atom is -0.392 e. The van der Waals surface area contributed by atoms with Gasteiger partial charge in [0.2, 0.25) is 5.89 Å². The molecule has 0 saturated carbocycles. The number of rotatable bonds is 5. The lowest BCUT2D eigenvalue weighted by atomic mass is 10.1. The number of aliphatic hydroxyl groups excluding tert-OH is 1. The van der Waals surface area contributed by atoms with Gasteiger partial charge in [-0.15, -0.1) is 5.10 Å². The van der Waals surface area contributed by atoms with E-state index in [0.29, 0.717) is 12.5 Å². The Morgan fingerprint density at radius 2 is 2.20 bits per heavy atom. The van der Waals surface area contributed by atoms with Crippen molar-refractivity contribution >= 4 is 0 Å². The average Bonchev–Trinajstić information content (AvgIpc) is 2.70. The van der Waals surface area contributed by atoms with Gasteiger partial charge in [-0.25, -0.2) is 13.6 Å². The molecule has 1 aromatic carbocycles. The van der Waals surface area contributed by atoms with Gasteiger partial charge >= 0.3 is 5.76 Å². The van der Waals surface area contributed by atoms with E-state index >= 15 is 0 Å². The first kappa shape index (κ1) is 14.4. The molecule has 7 heteroatoms. The van der Waals surface area contributed by atoms with Gasteiger partial charge in [0.1, 0.15) is 17.7 Å². The van der Waals surface area contributed by atoms with Gasteiger partial charge < -0.3 is 9.52 Å². The van der Waals surface area contributed by atoms with Crippen LogP contribution in [0.15, 0.2) is 27.4 Å². The molecule has 1 N–H and O–H groups in total. The van der Waals surface area contributed by atoms with Crippen LogP contribution in [0.3, 0.4) is 0 Å². The third-order valence-electron chi connectivity index (χ3n) is 2.78.